The second-order valence-electron chi connectivity index (χ2n) is 6.10. The number of aliphatic hydroxyl groups excluding tert-OH is 1. The number of anilines is 1. The fourth-order valence-electron chi connectivity index (χ4n) is 2.95. The van der Waals surface area contributed by atoms with Crippen molar-refractivity contribution in [3.05, 3.63) is 17.1 Å². The Morgan fingerprint density at radius 1 is 1.29 bits per heavy atom. The summed E-state index contributed by atoms with van der Waals surface area (Å²) in [6.07, 6.45) is 3.48. The van der Waals surface area contributed by atoms with E-state index >= 15 is 0 Å². The Bertz CT molecular complexity index is 464. The van der Waals surface area contributed by atoms with Gasteiger partial charge >= 0.3 is 0 Å². The molecule has 1 fully saturated rings. The molecule has 118 valence electrons. The van der Waals surface area contributed by atoms with Crippen molar-refractivity contribution in [3.8, 4) is 0 Å². The monoisotopic (exact) mass is 292 g/mol. The number of likely N-dealkylation sites (tertiary alicyclic amines) is 1. The van der Waals surface area contributed by atoms with Gasteiger partial charge in [0.05, 0.1) is 0 Å². The molecular formula is C16H28N4O. The van der Waals surface area contributed by atoms with Crippen LogP contribution in [0.3, 0.4) is 0 Å². The molecule has 1 atom stereocenters. The van der Waals surface area contributed by atoms with Crippen molar-refractivity contribution in [2.45, 2.75) is 40.0 Å². The second-order valence-corrected chi connectivity index (χ2v) is 6.10. The number of piperidine rings is 1. The molecule has 2 heterocycles. The number of nitrogens with one attached hydrogen (secondary N) is 1. The van der Waals surface area contributed by atoms with E-state index in [1.165, 1.54) is 19.4 Å². The highest BCUT2D eigenvalue weighted by atomic mass is 16.3. The van der Waals surface area contributed by atoms with Crippen LogP contribution in [0.25, 0.3) is 0 Å². The minimum Gasteiger partial charge on any atom is -0.396 e. The summed E-state index contributed by atoms with van der Waals surface area (Å²) in [4.78, 5) is 11.3. The van der Waals surface area contributed by atoms with Gasteiger partial charge in [0.15, 0.2) is 0 Å². The first-order valence-electron chi connectivity index (χ1n) is 7.99. The summed E-state index contributed by atoms with van der Waals surface area (Å²) in [5, 5.41) is 12.7. The summed E-state index contributed by atoms with van der Waals surface area (Å²) in [6, 6.07) is 0. The molecule has 0 aliphatic carbocycles. The van der Waals surface area contributed by atoms with Gasteiger partial charge in [-0.2, -0.15) is 0 Å². The van der Waals surface area contributed by atoms with E-state index in [1.54, 1.807) is 0 Å². The van der Waals surface area contributed by atoms with Gasteiger partial charge in [0.1, 0.15) is 11.6 Å². The molecule has 0 spiro atoms. The first kappa shape index (κ1) is 16.2. The Balaban J connectivity index is 1.75. The summed E-state index contributed by atoms with van der Waals surface area (Å²) in [5.74, 6) is 2.26. The van der Waals surface area contributed by atoms with Crippen molar-refractivity contribution in [1.29, 1.82) is 0 Å². The van der Waals surface area contributed by atoms with Crippen LogP contribution in [-0.2, 0) is 0 Å². The largest absolute Gasteiger partial charge is 0.396 e. The summed E-state index contributed by atoms with van der Waals surface area (Å²) >= 11 is 0. The van der Waals surface area contributed by atoms with E-state index in [4.69, 9.17) is 0 Å². The highest BCUT2D eigenvalue weighted by Gasteiger charge is 2.18. The predicted octanol–water partition coefficient (Wildman–Crippen LogP) is 1.91. The van der Waals surface area contributed by atoms with Crippen LogP contribution >= 0.6 is 0 Å². The van der Waals surface area contributed by atoms with E-state index in [0.717, 1.165) is 49.0 Å². The number of hydrogen-bond acceptors (Lipinski definition) is 5. The predicted molar refractivity (Wildman–Crippen MR) is 85.6 cm³/mol. The third-order valence-electron chi connectivity index (χ3n) is 4.31. The van der Waals surface area contributed by atoms with Gasteiger partial charge in [0.2, 0.25) is 0 Å². The highest BCUT2D eigenvalue weighted by Crippen LogP contribution is 2.16. The van der Waals surface area contributed by atoms with Gasteiger partial charge in [-0.3, -0.25) is 0 Å². The van der Waals surface area contributed by atoms with Crippen LogP contribution in [0, 0.1) is 26.7 Å². The molecule has 0 unspecified atom stereocenters. The quantitative estimate of drug-likeness (QED) is 0.784. The van der Waals surface area contributed by atoms with Crippen molar-refractivity contribution in [2.24, 2.45) is 5.92 Å². The Kier molecular flexibility index (Phi) is 5.94. The summed E-state index contributed by atoms with van der Waals surface area (Å²) in [7, 11) is 0. The summed E-state index contributed by atoms with van der Waals surface area (Å²) < 4.78 is 0. The molecule has 0 amide bonds. The molecular weight excluding hydrogens is 264 g/mol. The zero-order valence-electron chi connectivity index (χ0n) is 13.5. The third kappa shape index (κ3) is 4.64. The van der Waals surface area contributed by atoms with Crippen molar-refractivity contribution in [1.82, 2.24) is 14.9 Å². The Morgan fingerprint density at radius 3 is 2.86 bits per heavy atom. The minimum atomic E-state index is 0.327. The molecule has 0 saturated carbocycles. The maximum Gasteiger partial charge on any atom is 0.132 e. The molecule has 5 nitrogen and oxygen atoms in total. The SMILES string of the molecule is Cc1nc(C)c(C)c(NCCCN2CCC[C@H](CO)C2)n1. The minimum absolute atomic E-state index is 0.327. The standard InChI is InChI=1S/C16H28N4O/c1-12-13(2)18-14(3)19-16(12)17-7-5-9-20-8-4-6-15(10-20)11-21/h15,21H,4-11H2,1-3H3,(H,17,18,19)/t15-/m0/s1. The fraction of sp³-hybridized carbons (Fsp3) is 0.750. The number of nitrogens with zero attached hydrogens (tertiary/aromatic N) is 3. The molecule has 21 heavy (non-hydrogen) atoms. The molecule has 1 aliphatic heterocycles. The zero-order chi connectivity index (χ0) is 15.2. The average molecular weight is 292 g/mol. The van der Waals surface area contributed by atoms with Crippen LogP contribution in [0.15, 0.2) is 0 Å². The molecule has 2 rings (SSSR count). The van der Waals surface area contributed by atoms with Crippen LogP contribution in [0.1, 0.15) is 36.3 Å². The van der Waals surface area contributed by atoms with Crippen molar-refractivity contribution < 1.29 is 5.11 Å². The van der Waals surface area contributed by atoms with Gasteiger partial charge in [0.25, 0.3) is 0 Å². The Morgan fingerprint density at radius 2 is 2.10 bits per heavy atom. The van der Waals surface area contributed by atoms with E-state index in [0.29, 0.717) is 12.5 Å². The van der Waals surface area contributed by atoms with Crippen LogP contribution in [0.2, 0.25) is 0 Å². The molecule has 0 aromatic carbocycles. The molecule has 0 bridgehead atoms. The first-order valence-corrected chi connectivity index (χ1v) is 7.99. The first-order chi connectivity index (χ1) is 10.1. The smallest absolute Gasteiger partial charge is 0.132 e. The maximum atomic E-state index is 9.26. The van der Waals surface area contributed by atoms with E-state index < -0.39 is 0 Å². The third-order valence-corrected chi connectivity index (χ3v) is 4.31. The number of aliphatic hydroxyl groups is 1. The Hall–Kier alpha value is -1.20. The summed E-state index contributed by atoms with van der Waals surface area (Å²) in [5.41, 5.74) is 2.19. The number of hydrogen-bond donors (Lipinski definition) is 2. The average Bonchev–Trinajstić information content (AvgIpc) is 2.48. The van der Waals surface area contributed by atoms with Crippen LogP contribution in [0.4, 0.5) is 5.82 Å². The molecule has 1 aliphatic rings. The zero-order valence-corrected chi connectivity index (χ0v) is 13.5. The highest BCUT2D eigenvalue weighted by molar-refractivity contribution is 5.45. The topological polar surface area (TPSA) is 61.3 Å². The van der Waals surface area contributed by atoms with Crippen molar-refractivity contribution in [3.63, 3.8) is 0 Å². The molecule has 2 N–H and O–H groups in total. The van der Waals surface area contributed by atoms with Crippen LogP contribution < -0.4 is 5.32 Å². The van der Waals surface area contributed by atoms with Crippen LogP contribution in [-0.4, -0.2) is 52.8 Å². The molecule has 1 aromatic heterocycles. The second kappa shape index (κ2) is 7.71. The lowest BCUT2D eigenvalue weighted by Crippen LogP contribution is -2.37. The number of rotatable bonds is 6. The van der Waals surface area contributed by atoms with Gasteiger partial charge in [-0.15, -0.1) is 0 Å². The van der Waals surface area contributed by atoms with Gasteiger partial charge < -0.3 is 15.3 Å². The molecule has 1 saturated heterocycles. The fourth-order valence-corrected chi connectivity index (χ4v) is 2.95. The lowest BCUT2D eigenvalue weighted by molar-refractivity contribution is 0.120. The van der Waals surface area contributed by atoms with E-state index in [2.05, 4.69) is 27.1 Å². The maximum absolute atomic E-state index is 9.26. The summed E-state index contributed by atoms with van der Waals surface area (Å²) in [6.45, 7) is 10.6. The van der Waals surface area contributed by atoms with E-state index in [-0.39, 0.29) is 0 Å². The van der Waals surface area contributed by atoms with E-state index in [9.17, 15) is 5.11 Å². The van der Waals surface area contributed by atoms with Crippen LogP contribution in [0.5, 0.6) is 0 Å². The molecule has 0 radical (unpaired) electrons. The van der Waals surface area contributed by atoms with Gasteiger partial charge in [0, 0.05) is 31.0 Å². The van der Waals surface area contributed by atoms with Gasteiger partial charge in [-0.05, 0) is 59.0 Å². The Labute approximate surface area is 127 Å². The number of aryl methyl sites for hydroxylation is 2. The molecule has 1 aromatic rings. The molecule has 5 heteroatoms. The lowest BCUT2D eigenvalue weighted by atomic mass is 9.99. The van der Waals surface area contributed by atoms with Gasteiger partial charge in [-0.25, -0.2) is 9.97 Å². The van der Waals surface area contributed by atoms with Crippen molar-refractivity contribution >= 4 is 5.82 Å². The normalized spacial score (nSPS) is 19.7. The van der Waals surface area contributed by atoms with E-state index in [1.807, 2.05) is 13.8 Å². The number of aromatic nitrogens is 2. The lowest BCUT2D eigenvalue weighted by Gasteiger charge is -2.31. The van der Waals surface area contributed by atoms with Gasteiger partial charge in [-0.1, -0.05) is 0 Å². The van der Waals surface area contributed by atoms with Crippen molar-refractivity contribution in [2.75, 3.05) is 38.1 Å².